The molecule has 13 heteroatoms. The van der Waals surface area contributed by atoms with Gasteiger partial charge in [-0.05, 0) is 115 Å². The van der Waals surface area contributed by atoms with Gasteiger partial charge in [0.2, 0.25) is 11.8 Å². The number of anilines is 2. The van der Waals surface area contributed by atoms with E-state index in [1.54, 1.807) is 19.3 Å². The van der Waals surface area contributed by atoms with Gasteiger partial charge in [-0.2, -0.15) is 5.10 Å². The summed E-state index contributed by atoms with van der Waals surface area (Å²) >= 11 is 3.42. The Kier molecular flexibility index (Phi) is 10.3. The lowest BCUT2D eigenvalue weighted by Gasteiger charge is -2.47. The molecule has 4 saturated heterocycles. The van der Waals surface area contributed by atoms with E-state index in [-0.39, 0.29) is 47.0 Å². The van der Waals surface area contributed by atoms with E-state index >= 15 is 4.39 Å². The van der Waals surface area contributed by atoms with Crippen LogP contribution < -0.4 is 21.1 Å². The van der Waals surface area contributed by atoms with Gasteiger partial charge in [-0.25, -0.2) is 9.07 Å². The molecule has 2 aromatic carbocycles. The zero-order valence-corrected chi connectivity index (χ0v) is 31.7. The maximum atomic E-state index is 15.4. The van der Waals surface area contributed by atoms with Gasteiger partial charge >= 0.3 is 0 Å². The Bertz CT molecular complexity index is 1890. The first-order valence-electron chi connectivity index (χ1n) is 18.3. The third-order valence-corrected chi connectivity index (χ3v) is 12.7. The third-order valence-electron chi connectivity index (χ3n) is 11.9. The Hall–Kier alpha value is -4.10. The Balaban J connectivity index is 0.921. The van der Waals surface area contributed by atoms with E-state index in [2.05, 4.69) is 60.6 Å². The number of piperidine rings is 4. The summed E-state index contributed by atoms with van der Waals surface area (Å²) in [4.78, 5) is 56.5. The second-order valence-corrected chi connectivity index (χ2v) is 16.2. The first-order valence-corrected chi connectivity index (χ1v) is 19.1. The van der Waals surface area contributed by atoms with Crippen molar-refractivity contribution in [2.24, 2.45) is 12.5 Å². The molecule has 52 heavy (non-hydrogen) atoms. The number of nitrogens with zero attached hydrogens (tertiary/aromatic N) is 5. The van der Waals surface area contributed by atoms with Gasteiger partial charge in [-0.1, -0.05) is 12.1 Å². The van der Waals surface area contributed by atoms with Crippen molar-refractivity contribution in [2.75, 3.05) is 56.5 Å². The number of hydrogen-bond donors (Lipinski definition) is 2. The van der Waals surface area contributed by atoms with E-state index < -0.39 is 11.8 Å². The van der Waals surface area contributed by atoms with Crippen molar-refractivity contribution in [1.82, 2.24) is 24.9 Å². The molecule has 276 valence electrons. The summed E-state index contributed by atoms with van der Waals surface area (Å²) < 4.78 is 17.2. The number of benzene rings is 2. The normalized spacial score (nSPS) is 23.8. The van der Waals surface area contributed by atoms with E-state index in [4.69, 9.17) is 0 Å². The number of hydrogen-bond acceptors (Lipinski definition) is 8. The highest BCUT2D eigenvalue weighted by atomic mass is 79.9. The summed E-state index contributed by atoms with van der Waals surface area (Å²) in [6.07, 6.45) is 7.00. The smallest absolute Gasteiger partial charge is 0.282 e. The van der Waals surface area contributed by atoms with Crippen LogP contribution in [0.3, 0.4) is 0 Å². The minimum Gasteiger partial charge on any atom is -0.379 e. The first-order chi connectivity index (χ1) is 24.9. The molecule has 4 aliphatic rings. The number of halogens is 2. The molecule has 3 atom stereocenters. The Morgan fingerprint density at radius 3 is 2.37 bits per heavy atom. The van der Waals surface area contributed by atoms with Crippen LogP contribution in [-0.4, -0.2) is 89.7 Å². The number of rotatable bonds is 6. The fourth-order valence-electron chi connectivity index (χ4n) is 8.83. The standard InChI is InChI=1S/C39H47BrFN7O4/c1-24-18-29(20-31(41)34(24)30-8-9-33(49)44-36(30)50)47-14-10-39(11-15-47)12-16-48(17-13-39)37(51)26-6-4-25(5-7-26)27-19-28(23-45(2)22-27)43-32-21-42-46(3)38(52)35(32)40/h4-7,18,20-21,27-28,30,43H,8-17,19,22-23H2,1-3H3,(H,44,49,50)/t27-,28+,30?/m1/s1. The predicted octanol–water partition coefficient (Wildman–Crippen LogP) is 4.93. The quantitative estimate of drug-likeness (QED) is 0.339. The summed E-state index contributed by atoms with van der Waals surface area (Å²) in [6, 6.07) is 11.8. The van der Waals surface area contributed by atoms with Crippen LogP contribution in [0.25, 0.3) is 0 Å². The minimum absolute atomic E-state index is 0.0733. The zero-order chi connectivity index (χ0) is 36.7. The maximum Gasteiger partial charge on any atom is 0.282 e. The summed E-state index contributed by atoms with van der Waals surface area (Å²) in [5.74, 6) is -1.40. The van der Waals surface area contributed by atoms with Crippen molar-refractivity contribution >= 4 is 45.0 Å². The van der Waals surface area contributed by atoms with Crippen LogP contribution in [0.1, 0.15) is 83.8 Å². The number of likely N-dealkylation sites (N-methyl/N-ethyl adjacent to an activating group) is 1. The molecule has 11 nitrogen and oxygen atoms in total. The number of aromatic nitrogens is 2. The van der Waals surface area contributed by atoms with Gasteiger partial charge in [-0.15, -0.1) is 0 Å². The van der Waals surface area contributed by atoms with Crippen LogP contribution in [0.5, 0.6) is 0 Å². The Labute approximate surface area is 312 Å². The molecule has 0 aliphatic carbocycles. The van der Waals surface area contributed by atoms with E-state index in [1.807, 2.05) is 30.0 Å². The summed E-state index contributed by atoms with van der Waals surface area (Å²) in [5.41, 5.74) is 4.55. The highest BCUT2D eigenvalue weighted by Gasteiger charge is 2.39. The lowest BCUT2D eigenvalue weighted by molar-refractivity contribution is -0.134. The zero-order valence-electron chi connectivity index (χ0n) is 30.1. The number of imide groups is 1. The molecule has 3 amide bonds. The number of amides is 3. The van der Waals surface area contributed by atoms with E-state index in [9.17, 15) is 19.2 Å². The molecule has 1 spiro atoms. The van der Waals surface area contributed by atoms with Gasteiger partial charge in [0.1, 0.15) is 10.3 Å². The van der Waals surface area contributed by atoms with Gasteiger partial charge in [0.05, 0.1) is 17.8 Å². The molecule has 4 aliphatic heterocycles. The van der Waals surface area contributed by atoms with Crippen molar-refractivity contribution in [2.45, 2.75) is 69.7 Å². The fourth-order valence-corrected chi connectivity index (χ4v) is 9.30. The van der Waals surface area contributed by atoms with E-state index in [1.165, 1.54) is 10.2 Å². The lowest BCUT2D eigenvalue weighted by Crippen LogP contribution is -2.48. The van der Waals surface area contributed by atoms with Gasteiger partial charge in [0.15, 0.2) is 0 Å². The molecule has 7 rings (SSSR count). The number of carbonyl (C=O) groups is 3. The van der Waals surface area contributed by atoms with Crippen molar-refractivity contribution in [3.05, 3.63) is 85.5 Å². The molecule has 0 bridgehead atoms. The second kappa shape index (κ2) is 14.7. The monoisotopic (exact) mass is 775 g/mol. The van der Waals surface area contributed by atoms with Crippen LogP contribution in [0.2, 0.25) is 0 Å². The molecular formula is C39H47BrFN7O4. The average molecular weight is 777 g/mol. The summed E-state index contributed by atoms with van der Waals surface area (Å²) in [5, 5.41) is 10.0. The van der Waals surface area contributed by atoms with Crippen molar-refractivity contribution < 1.29 is 18.8 Å². The highest BCUT2D eigenvalue weighted by Crippen LogP contribution is 2.43. The Morgan fingerprint density at radius 2 is 1.69 bits per heavy atom. The number of likely N-dealkylation sites (tertiary alicyclic amines) is 2. The second-order valence-electron chi connectivity index (χ2n) is 15.4. The van der Waals surface area contributed by atoms with Crippen LogP contribution in [0, 0.1) is 18.2 Å². The first kappa shape index (κ1) is 36.3. The van der Waals surface area contributed by atoms with E-state index in [0.717, 1.165) is 82.6 Å². The molecule has 2 N–H and O–H groups in total. The minimum atomic E-state index is -0.641. The molecule has 4 fully saturated rings. The third kappa shape index (κ3) is 7.39. The van der Waals surface area contributed by atoms with Crippen LogP contribution in [0.15, 0.2) is 51.9 Å². The van der Waals surface area contributed by atoms with Crippen molar-refractivity contribution in [3.8, 4) is 0 Å². The van der Waals surface area contributed by atoms with Gasteiger partial charge < -0.3 is 20.0 Å². The Morgan fingerprint density at radius 1 is 1.00 bits per heavy atom. The number of aryl methyl sites for hydroxylation is 2. The molecule has 1 aromatic heterocycles. The van der Waals surface area contributed by atoms with Gasteiger partial charge in [0.25, 0.3) is 11.5 Å². The highest BCUT2D eigenvalue weighted by molar-refractivity contribution is 9.10. The van der Waals surface area contributed by atoms with Crippen molar-refractivity contribution in [1.29, 1.82) is 0 Å². The van der Waals surface area contributed by atoms with Crippen LogP contribution >= 0.6 is 15.9 Å². The fraction of sp³-hybridized carbons (Fsp3) is 0.513. The number of carbonyl (C=O) groups excluding carboxylic acids is 3. The average Bonchev–Trinajstić information content (AvgIpc) is 3.12. The maximum absolute atomic E-state index is 15.4. The largest absolute Gasteiger partial charge is 0.379 e. The molecule has 0 radical (unpaired) electrons. The SMILES string of the molecule is Cc1cc(N2CCC3(CCN(C(=O)c4ccc([C@@H]5C[C@H](Nc6cnn(C)c(=O)c6Br)CN(C)C5)cc4)CC3)CC2)cc(F)c1C1CCC(=O)NC1=O. The van der Waals surface area contributed by atoms with Crippen LogP contribution in [-0.2, 0) is 16.6 Å². The summed E-state index contributed by atoms with van der Waals surface area (Å²) in [7, 11) is 3.73. The number of nitrogens with one attached hydrogen (secondary N) is 2. The van der Waals surface area contributed by atoms with Crippen LogP contribution in [0.4, 0.5) is 15.8 Å². The molecule has 1 unspecified atom stereocenters. The lowest BCUT2D eigenvalue weighted by atomic mass is 9.71. The van der Waals surface area contributed by atoms with Gasteiger partial charge in [0, 0.05) is 75.6 Å². The molecule has 5 heterocycles. The topological polar surface area (TPSA) is 120 Å². The predicted molar refractivity (Wildman–Crippen MR) is 201 cm³/mol. The van der Waals surface area contributed by atoms with Crippen molar-refractivity contribution in [3.63, 3.8) is 0 Å². The summed E-state index contributed by atoms with van der Waals surface area (Å²) in [6.45, 7) is 6.68. The molecular weight excluding hydrogens is 729 g/mol. The molecule has 3 aromatic rings. The van der Waals surface area contributed by atoms with E-state index in [0.29, 0.717) is 27.7 Å². The molecule has 0 saturated carbocycles. The van der Waals surface area contributed by atoms with Gasteiger partial charge in [-0.3, -0.25) is 24.5 Å².